The number of carboxylic acid groups (broad SMARTS) is 1. The number of carbonyl (C=O) groups is 2. The third-order valence-electron chi connectivity index (χ3n) is 3.52. The molecule has 0 spiro atoms. The SMILES string of the molecule is CCC(C(=O)O)N(C)C(=O)N1CCCCC1CO. The van der Waals surface area contributed by atoms with E-state index in [4.69, 9.17) is 5.11 Å². The Morgan fingerprint density at radius 2 is 2.11 bits per heavy atom. The molecule has 2 atom stereocenters. The predicted molar refractivity (Wildman–Crippen MR) is 66.3 cm³/mol. The van der Waals surface area contributed by atoms with E-state index in [-0.39, 0.29) is 18.7 Å². The Bertz CT molecular complexity index is 308. The predicted octanol–water partition coefficient (Wildman–Crippen LogP) is 0.748. The molecule has 0 saturated carbocycles. The number of carbonyl (C=O) groups excluding carboxylic acids is 1. The number of piperidine rings is 1. The zero-order chi connectivity index (χ0) is 13.7. The lowest BCUT2D eigenvalue weighted by molar-refractivity contribution is -0.142. The largest absolute Gasteiger partial charge is 0.480 e. The maximum Gasteiger partial charge on any atom is 0.326 e. The number of hydrogen-bond donors (Lipinski definition) is 2. The van der Waals surface area contributed by atoms with Crippen molar-refractivity contribution >= 4 is 12.0 Å². The van der Waals surface area contributed by atoms with Gasteiger partial charge in [-0.3, -0.25) is 0 Å². The lowest BCUT2D eigenvalue weighted by atomic mass is 10.0. The Hall–Kier alpha value is -1.30. The van der Waals surface area contributed by atoms with Gasteiger partial charge < -0.3 is 20.0 Å². The zero-order valence-electron chi connectivity index (χ0n) is 11.0. The lowest BCUT2D eigenvalue weighted by Gasteiger charge is -2.38. The first kappa shape index (κ1) is 14.8. The number of aliphatic carboxylic acids is 1. The summed E-state index contributed by atoms with van der Waals surface area (Å²) in [6, 6.07) is -1.29. The van der Waals surface area contributed by atoms with Crippen LogP contribution in [0.3, 0.4) is 0 Å². The topological polar surface area (TPSA) is 81.1 Å². The summed E-state index contributed by atoms with van der Waals surface area (Å²) in [5.74, 6) is -0.995. The van der Waals surface area contributed by atoms with Gasteiger partial charge in [0.2, 0.25) is 0 Å². The van der Waals surface area contributed by atoms with Crippen LogP contribution >= 0.6 is 0 Å². The number of nitrogens with zero attached hydrogens (tertiary/aromatic N) is 2. The first-order chi connectivity index (χ1) is 8.52. The number of likely N-dealkylation sites (N-methyl/N-ethyl adjacent to an activating group) is 1. The third kappa shape index (κ3) is 3.13. The van der Waals surface area contributed by atoms with Gasteiger partial charge in [-0.2, -0.15) is 0 Å². The van der Waals surface area contributed by atoms with Crippen molar-refractivity contribution in [3.63, 3.8) is 0 Å². The Kier molecular flexibility index (Phi) is 5.40. The molecule has 1 aliphatic rings. The molecule has 6 nitrogen and oxygen atoms in total. The van der Waals surface area contributed by atoms with E-state index in [1.807, 2.05) is 0 Å². The molecular formula is C12H22N2O4. The fraction of sp³-hybridized carbons (Fsp3) is 0.833. The van der Waals surface area contributed by atoms with E-state index >= 15 is 0 Å². The highest BCUT2D eigenvalue weighted by Crippen LogP contribution is 2.19. The molecule has 0 radical (unpaired) electrons. The number of amides is 2. The number of carboxylic acids is 1. The molecule has 6 heteroatoms. The van der Waals surface area contributed by atoms with Crippen molar-refractivity contribution in [3.05, 3.63) is 0 Å². The number of aliphatic hydroxyl groups is 1. The minimum absolute atomic E-state index is 0.0660. The first-order valence-electron chi connectivity index (χ1n) is 6.40. The number of likely N-dealkylation sites (tertiary alicyclic amines) is 1. The maximum absolute atomic E-state index is 12.2. The van der Waals surface area contributed by atoms with Gasteiger partial charge in [-0.15, -0.1) is 0 Å². The molecular weight excluding hydrogens is 236 g/mol. The van der Waals surface area contributed by atoms with E-state index in [0.29, 0.717) is 13.0 Å². The highest BCUT2D eigenvalue weighted by Gasteiger charge is 2.32. The van der Waals surface area contributed by atoms with Gasteiger partial charge in [-0.25, -0.2) is 9.59 Å². The van der Waals surface area contributed by atoms with Crippen molar-refractivity contribution in [3.8, 4) is 0 Å². The average molecular weight is 258 g/mol. The van der Waals surface area contributed by atoms with E-state index in [0.717, 1.165) is 19.3 Å². The molecule has 1 aliphatic heterocycles. The first-order valence-corrected chi connectivity index (χ1v) is 6.40. The number of aliphatic hydroxyl groups excluding tert-OH is 1. The molecule has 2 unspecified atom stereocenters. The highest BCUT2D eigenvalue weighted by atomic mass is 16.4. The molecule has 1 rings (SSSR count). The normalized spacial score (nSPS) is 21.5. The van der Waals surface area contributed by atoms with Crippen molar-refractivity contribution in [2.45, 2.75) is 44.7 Å². The third-order valence-corrected chi connectivity index (χ3v) is 3.52. The van der Waals surface area contributed by atoms with Crippen molar-refractivity contribution in [1.82, 2.24) is 9.80 Å². The summed E-state index contributed by atoms with van der Waals surface area (Å²) >= 11 is 0. The summed E-state index contributed by atoms with van der Waals surface area (Å²) in [5, 5.41) is 18.3. The molecule has 1 saturated heterocycles. The van der Waals surface area contributed by atoms with Crippen LogP contribution in [0.4, 0.5) is 4.79 Å². The Morgan fingerprint density at radius 1 is 1.44 bits per heavy atom. The fourth-order valence-corrected chi connectivity index (χ4v) is 2.39. The van der Waals surface area contributed by atoms with Gasteiger partial charge in [0.25, 0.3) is 0 Å². The van der Waals surface area contributed by atoms with Crippen LogP contribution in [0.5, 0.6) is 0 Å². The summed E-state index contributed by atoms with van der Waals surface area (Å²) in [6.07, 6.45) is 3.05. The molecule has 2 N–H and O–H groups in total. The standard InChI is InChI=1S/C12H22N2O4/c1-3-10(11(16)17)13(2)12(18)14-7-5-4-6-9(14)8-15/h9-10,15H,3-8H2,1-2H3,(H,16,17). The molecule has 0 bridgehead atoms. The second-order valence-corrected chi connectivity index (χ2v) is 4.68. The van der Waals surface area contributed by atoms with E-state index in [9.17, 15) is 14.7 Å². The minimum Gasteiger partial charge on any atom is -0.480 e. The van der Waals surface area contributed by atoms with Crippen LogP contribution in [0, 0.1) is 0 Å². The molecule has 1 heterocycles. The van der Waals surface area contributed by atoms with Gasteiger partial charge >= 0.3 is 12.0 Å². The average Bonchev–Trinajstić information content (AvgIpc) is 2.38. The summed E-state index contributed by atoms with van der Waals surface area (Å²) in [5.41, 5.74) is 0. The van der Waals surface area contributed by atoms with E-state index in [1.165, 1.54) is 11.9 Å². The molecule has 18 heavy (non-hydrogen) atoms. The van der Waals surface area contributed by atoms with Gasteiger partial charge in [-0.1, -0.05) is 6.92 Å². The van der Waals surface area contributed by atoms with Gasteiger partial charge in [-0.05, 0) is 25.7 Å². The molecule has 2 amide bonds. The smallest absolute Gasteiger partial charge is 0.326 e. The van der Waals surface area contributed by atoms with Gasteiger partial charge in [0.05, 0.1) is 12.6 Å². The minimum atomic E-state index is -0.995. The highest BCUT2D eigenvalue weighted by molar-refractivity contribution is 5.82. The summed E-state index contributed by atoms with van der Waals surface area (Å²) in [7, 11) is 1.51. The van der Waals surface area contributed by atoms with Crippen LogP contribution in [-0.4, -0.2) is 64.3 Å². The van der Waals surface area contributed by atoms with Crippen LogP contribution in [0.25, 0.3) is 0 Å². The number of urea groups is 1. The summed E-state index contributed by atoms with van der Waals surface area (Å²) < 4.78 is 0. The van der Waals surface area contributed by atoms with Crippen molar-refractivity contribution in [2.75, 3.05) is 20.2 Å². The van der Waals surface area contributed by atoms with Crippen LogP contribution in [0.15, 0.2) is 0 Å². The molecule has 104 valence electrons. The quantitative estimate of drug-likeness (QED) is 0.779. The van der Waals surface area contributed by atoms with Crippen molar-refractivity contribution in [1.29, 1.82) is 0 Å². The van der Waals surface area contributed by atoms with Crippen molar-refractivity contribution < 1.29 is 19.8 Å². The van der Waals surface area contributed by atoms with Crippen molar-refractivity contribution in [2.24, 2.45) is 0 Å². The van der Waals surface area contributed by atoms with E-state index in [2.05, 4.69) is 0 Å². The van der Waals surface area contributed by atoms with E-state index in [1.54, 1.807) is 11.8 Å². The molecule has 0 aromatic rings. The Labute approximate surface area is 107 Å². The van der Waals surface area contributed by atoms with Crippen LogP contribution in [-0.2, 0) is 4.79 Å². The van der Waals surface area contributed by atoms with Crippen LogP contribution in [0.2, 0.25) is 0 Å². The Morgan fingerprint density at radius 3 is 2.61 bits per heavy atom. The van der Waals surface area contributed by atoms with Crippen LogP contribution < -0.4 is 0 Å². The lowest BCUT2D eigenvalue weighted by Crippen LogP contribution is -2.54. The van der Waals surface area contributed by atoms with Gasteiger partial charge in [0.15, 0.2) is 0 Å². The fourth-order valence-electron chi connectivity index (χ4n) is 2.39. The zero-order valence-corrected chi connectivity index (χ0v) is 11.0. The molecule has 0 aromatic heterocycles. The van der Waals surface area contributed by atoms with E-state index < -0.39 is 12.0 Å². The monoisotopic (exact) mass is 258 g/mol. The summed E-state index contributed by atoms with van der Waals surface area (Å²) in [4.78, 5) is 26.2. The molecule has 0 aliphatic carbocycles. The number of hydrogen-bond acceptors (Lipinski definition) is 3. The van der Waals surface area contributed by atoms with Gasteiger partial charge in [0.1, 0.15) is 6.04 Å². The molecule has 1 fully saturated rings. The van der Waals surface area contributed by atoms with Crippen LogP contribution in [0.1, 0.15) is 32.6 Å². The maximum atomic E-state index is 12.2. The second-order valence-electron chi connectivity index (χ2n) is 4.68. The molecule has 0 aromatic carbocycles. The Balaban J connectivity index is 2.74. The summed E-state index contributed by atoms with van der Waals surface area (Å²) in [6.45, 7) is 2.26. The number of rotatable bonds is 4. The second kappa shape index (κ2) is 6.58. The van der Waals surface area contributed by atoms with Gasteiger partial charge in [0, 0.05) is 13.6 Å².